The topological polar surface area (TPSA) is 80.4 Å². The van der Waals surface area contributed by atoms with E-state index < -0.39 is 5.97 Å². The molecule has 0 bridgehead atoms. The van der Waals surface area contributed by atoms with E-state index in [1.165, 1.54) is 0 Å². The summed E-state index contributed by atoms with van der Waals surface area (Å²) >= 11 is 0. The zero-order valence-electron chi connectivity index (χ0n) is 8.96. The van der Waals surface area contributed by atoms with Gasteiger partial charge in [-0.15, -0.1) is 0 Å². The van der Waals surface area contributed by atoms with Crippen LogP contribution in [0.5, 0.6) is 0 Å². The quantitative estimate of drug-likeness (QED) is 0.707. The van der Waals surface area contributed by atoms with Crippen molar-refractivity contribution in [2.75, 3.05) is 6.54 Å². The Hall–Kier alpha value is -0.900. The van der Waals surface area contributed by atoms with E-state index in [1.807, 2.05) is 13.8 Å². The van der Waals surface area contributed by atoms with Crippen molar-refractivity contribution in [1.29, 1.82) is 0 Å². The molecule has 4 heteroatoms. The van der Waals surface area contributed by atoms with Gasteiger partial charge in [-0.2, -0.15) is 0 Å². The van der Waals surface area contributed by atoms with Crippen LogP contribution in [0.15, 0.2) is 0 Å². The summed E-state index contributed by atoms with van der Waals surface area (Å²) < 4.78 is 0. The Morgan fingerprint density at radius 1 is 1.15 bits per heavy atom. The van der Waals surface area contributed by atoms with E-state index in [4.69, 9.17) is 10.8 Å². The maximum absolute atomic E-state index is 10.1. The van der Waals surface area contributed by atoms with Crippen LogP contribution in [-0.4, -0.2) is 23.4 Å². The zero-order chi connectivity index (χ0) is 11.3. The summed E-state index contributed by atoms with van der Waals surface area (Å²) in [4.78, 5) is 19.4. The number of carboxylic acids is 1. The monoisotopic (exact) mass is 191 g/mol. The molecule has 0 unspecified atom stereocenters. The third-order valence-corrected chi connectivity index (χ3v) is 0.924. The van der Waals surface area contributed by atoms with Crippen molar-refractivity contribution in [3.8, 4) is 0 Å². The normalized spacial score (nSPS) is 7.15. The van der Waals surface area contributed by atoms with Crippen LogP contribution in [0.25, 0.3) is 0 Å². The Labute approximate surface area is 80.1 Å². The second-order valence-electron chi connectivity index (χ2n) is 1.84. The Bertz CT molecular complexity index is 118. The van der Waals surface area contributed by atoms with E-state index in [0.29, 0.717) is 6.42 Å². The van der Waals surface area contributed by atoms with Crippen LogP contribution in [-0.2, 0) is 9.59 Å². The molecule has 80 valence electrons. The maximum atomic E-state index is 10.1. The van der Waals surface area contributed by atoms with Gasteiger partial charge in [-0.3, -0.25) is 9.59 Å². The summed E-state index contributed by atoms with van der Waals surface area (Å²) in [7, 11) is 0. The number of carbonyl (C=O) groups is 2. The molecule has 0 aromatic heterocycles. The van der Waals surface area contributed by atoms with Crippen molar-refractivity contribution >= 4 is 11.8 Å². The number of rotatable bonds is 3. The summed E-state index contributed by atoms with van der Waals surface area (Å²) in [5, 5.41) is 7.72. The van der Waals surface area contributed by atoms with Crippen molar-refractivity contribution in [3.63, 3.8) is 0 Å². The lowest BCUT2D eigenvalue weighted by Gasteiger charge is -1.82. The smallest absolute Gasteiger partial charge is 0.303 e. The van der Waals surface area contributed by atoms with Gasteiger partial charge in [-0.1, -0.05) is 27.7 Å². The van der Waals surface area contributed by atoms with Gasteiger partial charge in [0.05, 0.1) is 6.54 Å². The van der Waals surface area contributed by atoms with E-state index in [-0.39, 0.29) is 18.7 Å². The predicted molar refractivity (Wildman–Crippen MR) is 53.6 cm³/mol. The molecule has 0 rings (SSSR count). The van der Waals surface area contributed by atoms with Gasteiger partial charge in [0, 0.05) is 12.8 Å². The summed E-state index contributed by atoms with van der Waals surface area (Å²) in [5.74, 6) is -0.625. The zero-order valence-corrected chi connectivity index (χ0v) is 8.96. The van der Waals surface area contributed by atoms with Gasteiger partial charge >= 0.3 is 5.97 Å². The number of Topliss-reactive ketones (excluding diaryl/α,β-unsaturated/α-hetero) is 1. The van der Waals surface area contributed by atoms with Gasteiger partial charge in [-0.25, -0.2) is 0 Å². The molecular formula is C9H21NO3. The first-order valence-electron chi connectivity index (χ1n) is 4.51. The molecule has 4 nitrogen and oxygen atoms in total. The minimum atomic E-state index is -0.745. The number of aliphatic carboxylic acids is 1. The standard InChI is InChI=1S/C4H9NO.C3H6O2.C2H6/c1-2-4(6)3-5;1-2-3(4)5;1-2/h2-3,5H2,1H3;2H2,1H3,(H,4,5);1-2H3. The third-order valence-electron chi connectivity index (χ3n) is 0.924. The van der Waals surface area contributed by atoms with Crippen LogP contribution in [0.4, 0.5) is 0 Å². The molecule has 0 aromatic carbocycles. The van der Waals surface area contributed by atoms with Crippen LogP contribution in [0.1, 0.15) is 40.5 Å². The molecule has 3 N–H and O–H groups in total. The lowest BCUT2D eigenvalue weighted by Crippen LogP contribution is -2.11. The Morgan fingerprint density at radius 2 is 1.46 bits per heavy atom. The van der Waals surface area contributed by atoms with Crippen molar-refractivity contribution in [1.82, 2.24) is 0 Å². The van der Waals surface area contributed by atoms with Gasteiger partial charge in [0.25, 0.3) is 0 Å². The molecule has 0 aliphatic rings. The molecule has 0 heterocycles. The minimum Gasteiger partial charge on any atom is -0.481 e. The molecule has 0 aromatic rings. The van der Waals surface area contributed by atoms with Crippen LogP contribution in [0.3, 0.4) is 0 Å². The van der Waals surface area contributed by atoms with Gasteiger partial charge < -0.3 is 10.8 Å². The molecule has 13 heavy (non-hydrogen) atoms. The molecule has 0 spiro atoms. The number of hydrogen-bond acceptors (Lipinski definition) is 3. The van der Waals surface area contributed by atoms with Crippen molar-refractivity contribution in [2.45, 2.75) is 40.5 Å². The first-order valence-corrected chi connectivity index (χ1v) is 4.51. The minimum absolute atomic E-state index is 0.120. The van der Waals surface area contributed by atoms with Crippen molar-refractivity contribution < 1.29 is 14.7 Å². The molecule has 0 amide bonds. The fraction of sp³-hybridized carbons (Fsp3) is 0.778. The van der Waals surface area contributed by atoms with E-state index in [1.54, 1.807) is 13.8 Å². The number of nitrogens with two attached hydrogens (primary N) is 1. The Morgan fingerprint density at radius 3 is 1.46 bits per heavy atom. The first kappa shape index (κ1) is 18.0. The van der Waals surface area contributed by atoms with E-state index in [0.717, 1.165) is 0 Å². The molecule has 0 atom stereocenters. The second-order valence-corrected chi connectivity index (χ2v) is 1.84. The first-order chi connectivity index (χ1) is 6.08. The highest BCUT2D eigenvalue weighted by Gasteiger charge is 1.87. The second kappa shape index (κ2) is 17.3. The highest BCUT2D eigenvalue weighted by Crippen LogP contribution is 1.71. The molecule has 0 saturated carbocycles. The number of hydrogen-bond donors (Lipinski definition) is 2. The lowest BCUT2D eigenvalue weighted by molar-refractivity contribution is -0.136. The fourth-order valence-electron chi connectivity index (χ4n) is 0.144. The Balaban J connectivity index is -0.000000131. The largest absolute Gasteiger partial charge is 0.481 e. The van der Waals surface area contributed by atoms with Crippen molar-refractivity contribution in [3.05, 3.63) is 0 Å². The predicted octanol–water partition coefficient (Wildman–Crippen LogP) is 1.43. The number of ketones is 1. The summed E-state index contributed by atoms with van der Waals surface area (Å²) in [6.07, 6.45) is 0.788. The van der Waals surface area contributed by atoms with Gasteiger partial charge in [-0.05, 0) is 0 Å². The molecule has 0 aliphatic carbocycles. The van der Waals surface area contributed by atoms with Gasteiger partial charge in [0.2, 0.25) is 0 Å². The summed E-state index contributed by atoms with van der Waals surface area (Å²) in [6.45, 7) is 7.59. The van der Waals surface area contributed by atoms with Crippen LogP contribution in [0, 0.1) is 0 Å². The lowest BCUT2D eigenvalue weighted by atomic mass is 10.3. The van der Waals surface area contributed by atoms with Crippen molar-refractivity contribution in [2.24, 2.45) is 5.73 Å². The third kappa shape index (κ3) is 35.3. The molecular weight excluding hydrogens is 170 g/mol. The number of carboxylic acid groups (broad SMARTS) is 1. The Kier molecular flexibility index (Phi) is 23.9. The summed E-state index contributed by atoms with van der Waals surface area (Å²) in [5.41, 5.74) is 4.93. The summed E-state index contributed by atoms with van der Waals surface area (Å²) in [6, 6.07) is 0. The van der Waals surface area contributed by atoms with E-state index in [9.17, 15) is 9.59 Å². The van der Waals surface area contributed by atoms with E-state index >= 15 is 0 Å². The van der Waals surface area contributed by atoms with Crippen LogP contribution < -0.4 is 5.73 Å². The highest BCUT2D eigenvalue weighted by molar-refractivity contribution is 5.79. The molecule has 0 saturated heterocycles. The molecule has 0 fully saturated rings. The maximum Gasteiger partial charge on any atom is 0.303 e. The SMILES string of the molecule is CC.CCC(=O)CN.CCC(=O)O. The average Bonchev–Trinajstić information content (AvgIpc) is 2.20. The van der Waals surface area contributed by atoms with Crippen LogP contribution in [0.2, 0.25) is 0 Å². The van der Waals surface area contributed by atoms with Gasteiger partial charge in [0.15, 0.2) is 0 Å². The van der Waals surface area contributed by atoms with E-state index in [2.05, 4.69) is 0 Å². The highest BCUT2D eigenvalue weighted by atomic mass is 16.4. The molecule has 0 radical (unpaired) electrons. The number of carbonyl (C=O) groups excluding carboxylic acids is 1. The van der Waals surface area contributed by atoms with Crippen LogP contribution >= 0.6 is 0 Å². The fourth-order valence-corrected chi connectivity index (χ4v) is 0.144. The van der Waals surface area contributed by atoms with Gasteiger partial charge in [0.1, 0.15) is 5.78 Å². The molecule has 0 aliphatic heterocycles. The average molecular weight is 191 g/mol.